The largest absolute Gasteiger partial charge is 0.420 e. The predicted octanol–water partition coefficient (Wildman–Crippen LogP) is 4.04. The number of benzene rings is 1. The number of aromatic nitrogens is 5. The highest BCUT2D eigenvalue weighted by Crippen LogP contribution is 2.24. The van der Waals surface area contributed by atoms with Crippen LogP contribution in [0.15, 0.2) is 49.2 Å². The van der Waals surface area contributed by atoms with E-state index >= 15 is 0 Å². The number of hydrogen-bond acceptors (Lipinski definition) is 7. The Hall–Kier alpha value is -2.52. The number of thioether (sulfide) groups is 1. The monoisotopic (exact) mass is 443 g/mol. The van der Waals surface area contributed by atoms with Crippen LogP contribution < -0.4 is 5.56 Å². The molecule has 27 heavy (non-hydrogen) atoms. The fraction of sp³-hybridized carbons (Fsp3) is 0.167. The first-order valence-electron chi connectivity index (χ1n) is 8.09. The zero-order valence-electron chi connectivity index (χ0n) is 14.5. The minimum Gasteiger partial charge on any atom is -0.420 e. The van der Waals surface area contributed by atoms with Crippen LogP contribution in [0, 0.1) is 13.8 Å². The Balaban J connectivity index is 1.55. The second-order valence-corrected chi connectivity index (χ2v) is 7.83. The molecule has 3 aromatic heterocycles. The zero-order chi connectivity index (χ0) is 19.0. The molecule has 0 atom stereocenters. The van der Waals surface area contributed by atoms with Gasteiger partial charge in [0.1, 0.15) is 0 Å². The maximum absolute atomic E-state index is 12.4. The van der Waals surface area contributed by atoms with E-state index in [0.717, 1.165) is 21.3 Å². The number of halogens is 1. The highest BCUT2D eigenvalue weighted by atomic mass is 79.9. The highest BCUT2D eigenvalue weighted by Gasteiger charge is 2.12. The van der Waals surface area contributed by atoms with Crippen LogP contribution in [0.2, 0.25) is 0 Å². The first-order chi connectivity index (χ1) is 13.0. The van der Waals surface area contributed by atoms with Gasteiger partial charge in [-0.15, -0.1) is 10.2 Å². The minimum absolute atomic E-state index is 0.200. The van der Waals surface area contributed by atoms with E-state index in [1.807, 2.05) is 44.2 Å². The summed E-state index contributed by atoms with van der Waals surface area (Å²) in [4.78, 5) is 24.0. The molecule has 0 spiro atoms. The average Bonchev–Trinajstić information content (AvgIpc) is 3.08. The molecule has 0 aliphatic carbocycles. The molecule has 0 saturated carbocycles. The Morgan fingerprint density at radius 3 is 2.70 bits per heavy atom. The SMILES string of the molecule is Cc1cc(C)c2c(=O)[nH]c(SCc3nnc(-c4ccc(Br)cc4)o3)nc2n1. The van der Waals surface area contributed by atoms with Gasteiger partial charge in [0.15, 0.2) is 10.8 Å². The molecule has 0 aliphatic heterocycles. The first kappa shape index (κ1) is 17.9. The van der Waals surface area contributed by atoms with Crippen molar-refractivity contribution in [2.24, 2.45) is 0 Å². The number of nitrogens with one attached hydrogen (secondary N) is 1. The van der Waals surface area contributed by atoms with Gasteiger partial charge in [-0.2, -0.15) is 0 Å². The standard InChI is InChI=1S/C18H14BrN5O2S/c1-9-7-10(2)20-15-14(9)16(25)22-18(21-15)27-8-13-23-24-17(26-13)11-3-5-12(19)6-4-11/h3-7H,8H2,1-2H3,(H,20,21,22,25). The van der Waals surface area contributed by atoms with E-state index in [1.165, 1.54) is 11.8 Å². The quantitative estimate of drug-likeness (QED) is 0.375. The summed E-state index contributed by atoms with van der Waals surface area (Å²) in [6, 6.07) is 9.48. The van der Waals surface area contributed by atoms with Crippen LogP contribution in [0.5, 0.6) is 0 Å². The molecule has 3 heterocycles. The Labute approximate surface area is 166 Å². The van der Waals surface area contributed by atoms with E-state index in [0.29, 0.717) is 33.7 Å². The third-order valence-electron chi connectivity index (χ3n) is 3.87. The molecule has 0 aliphatic rings. The molecule has 1 N–H and O–H groups in total. The summed E-state index contributed by atoms with van der Waals surface area (Å²) in [6.07, 6.45) is 0. The molecule has 1 aromatic carbocycles. The van der Waals surface area contributed by atoms with Gasteiger partial charge < -0.3 is 9.40 Å². The van der Waals surface area contributed by atoms with Crippen molar-refractivity contribution < 1.29 is 4.42 Å². The Kier molecular flexibility index (Phi) is 4.79. The second-order valence-electron chi connectivity index (χ2n) is 5.95. The van der Waals surface area contributed by atoms with Gasteiger partial charge >= 0.3 is 0 Å². The number of aryl methyl sites for hydroxylation is 2. The van der Waals surface area contributed by atoms with Gasteiger partial charge in [0.25, 0.3) is 5.56 Å². The zero-order valence-corrected chi connectivity index (χ0v) is 16.9. The second kappa shape index (κ2) is 7.24. The Morgan fingerprint density at radius 1 is 1.15 bits per heavy atom. The number of fused-ring (bicyclic) bond motifs is 1. The smallest absolute Gasteiger partial charge is 0.261 e. The van der Waals surface area contributed by atoms with Gasteiger partial charge in [-0.3, -0.25) is 4.79 Å². The van der Waals surface area contributed by atoms with Crippen LogP contribution in [-0.4, -0.2) is 25.1 Å². The van der Waals surface area contributed by atoms with Crippen molar-refractivity contribution in [2.75, 3.05) is 0 Å². The predicted molar refractivity (Wildman–Crippen MR) is 107 cm³/mol. The molecule has 4 rings (SSSR count). The summed E-state index contributed by atoms with van der Waals surface area (Å²) in [6.45, 7) is 3.76. The van der Waals surface area contributed by atoms with Crippen molar-refractivity contribution in [1.29, 1.82) is 0 Å². The molecule has 0 radical (unpaired) electrons. The van der Waals surface area contributed by atoms with Crippen LogP contribution in [0.1, 0.15) is 17.1 Å². The molecular formula is C18H14BrN5O2S. The van der Waals surface area contributed by atoms with E-state index < -0.39 is 0 Å². The number of rotatable bonds is 4. The van der Waals surface area contributed by atoms with Gasteiger partial charge in [0, 0.05) is 15.7 Å². The molecule has 7 nitrogen and oxygen atoms in total. The lowest BCUT2D eigenvalue weighted by Crippen LogP contribution is -2.12. The first-order valence-corrected chi connectivity index (χ1v) is 9.87. The van der Waals surface area contributed by atoms with E-state index in [-0.39, 0.29) is 5.56 Å². The van der Waals surface area contributed by atoms with Crippen molar-refractivity contribution in [3.05, 3.63) is 62.3 Å². The third kappa shape index (κ3) is 3.79. The lowest BCUT2D eigenvalue weighted by molar-refractivity contribution is 0.528. The molecule has 136 valence electrons. The number of H-pyrrole nitrogens is 1. The summed E-state index contributed by atoms with van der Waals surface area (Å²) in [5.41, 5.74) is 2.77. The third-order valence-corrected chi connectivity index (χ3v) is 5.26. The molecule has 0 unspecified atom stereocenters. The van der Waals surface area contributed by atoms with Crippen LogP contribution in [0.25, 0.3) is 22.5 Å². The van der Waals surface area contributed by atoms with E-state index in [1.54, 1.807) is 0 Å². The van der Waals surface area contributed by atoms with Gasteiger partial charge in [0.2, 0.25) is 11.8 Å². The normalized spacial score (nSPS) is 11.2. The van der Waals surface area contributed by atoms with Crippen LogP contribution >= 0.6 is 27.7 Å². The fourth-order valence-corrected chi connectivity index (χ4v) is 3.64. The molecule has 4 aromatic rings. The maximum atomic E-state index is 12.4. The number of hydrogen-bond donors (Lipinski definition) is 1. The Morgan fingerprint density at radius 2 is 1.93 bits per heavy atom. The van der Waals surface area contributed by atoms with Crippen LogP contribution in [0.3, 0.4) is 0 Å². The molecule has 0 amide bonds. The maximum Gasteiger partial charge on any atom is 0.261 e. The van der Waals surface area contributed by atoms with Gasteiger partial charge in [0.05, 0.1) is 11.1 Å². The molecule has 0 fully saturated rings. The summed E-state index contributed by atoms with van der Waals surface area (Å²) >= 11 is 4.71. The van der Waals surface area contributed by atoms with Crippen molar-refractivity contribution in [3.8, 4) is 11.5 Å². The minimum atomic E-state index is -0.200. The summed E-state index contributed by atoms with van der Waals surface area (Å²) < 4.78 is 6.67. The average molecular weight is 444 g/mol. The van der Waals surface area contributed by atoms with Gasteiger partial charge in [-0.1, -0.05) is 27.7 Å². The Bertz CT molecular complexity index is 1190. The van der Waals surface area contributed by atoms with E-state index in [9.17, 15) is 4.79 Å². The number of pyridine rings is 1. The highest BCUT2D eigenvalue weighted by molar-refractivity contribution is 9.10. The molecular weight excluding hydrogens is 430 g/mol. The topological polar surface area (TPSA) is 97.6 Å². The molecule has 0 bridgehead atoms. The number of aromatic amines is 1. The van der Waals surface area contributed by atoms with Crippen molar-refractivity contribution in [1.82, 2.24) is 25.1 Å². The van der Waals surface area contributed by atoms with Crippen molar-refractivity contribution in [2.45, 2.75) is 24.8 Å². The van der Waals surface area contributed by atoms with E-state index in [4.69, 9.17) is 4.42 Å². The number of nitrogens with zero attached hydrogens (tertiary/aromatic N) is 4. The van der Waals surface area contributed by atoms with Crippen LogP contribution in [-0.2, 0) is 5.75 Å². The summed E-state index contributed by atoms with van der Waals surface area (Å²) in [5, 5.41) is 9.11. The lowest BCUT2D eigenvalue weighted by Gasteiger charge is -2.04. The molecule has 9 heteroatoms. The van der Waals surface area contributed by atoms with Crippen molar-refractivity contribution in [3.63, 3.8) is 0 Å². The lowest BCUT2D eigenvalue weighted by atomic mass is 10.2. The van der Waals surface area contributed by atoms with Gasteiger partial charge in [-0.05, 0) is 49.7 Å². The van der Waals surface area contributed by atoms with Crippen LogP contribution in [0.4, 0.5) is 0 Å². The summed E-state index contributed by atoms with van der Waals surface area (Å²) in [5.74, 6) is 1.29. The van der Waals surface area contributed by atoms with E-state index in [2.05, 4.69) is 41.1 Å². The van der Waals surface area contributed by atoms with Crippen molar-refractivity contribution >= 4 is 38.7 Å². The summed E-state index contributed by atoms with van der Waals surface area (Å²) in [7, 11) is 0. The fourth-order valence-electron chi connectivity index (χ4n) is 2.68. The van der Waals surface area contributed by atoms with Gasteiger partial charge in [-0.25, -0.2) is 9.97 Å². The molecule has 0 saturated heterocycles.